The van der Waals surface area contributed by atoms with Gasteiger partial charge in [-0.25, -0.2) is 0 Å². The number of nitrogens with zero attached hydrogens (tertiary/aromatic N) is 3. The van der Waals surface area contributed by atoms with E-state index in [1.54, 1.807) is 10.1 Å². The third kappa shape index (κ3) is 6.52. The largest absolute Gasteiger partial charge is 0.496 e. The molecule has 0 spiro atoms. The number of hydrogen-bond donors (Lipinski definition) is 1. The molecule has 45 heavy (non-hydrogen) atoms. The fourth-order valence-corrected chi connectivity index (χ4v) is 7.95. The number of rotatable bonds is 8. The summed E-state index contributed by atoms with van der Waals surface area (Å²) < 4.78 is 7.85. The van der Waals surface area contributed by atoms with Crippen LogP contribution < -0.4 is 15.6 Å². The number of pyridine rings is 1. The van der Waals surface area contributed by atoms with Crippen LogP contribution in [-0.4, -0.2) is 53.2 Å². The molecule has 1 N–H and O–H groups in total. The van der Waals surface area contributed by atoms with Gasteiger partial charge in [-0.3, -0.25) is 14.6 Å². The lowest BCUT2D eigenvalue weighted by Crippen LogP contribution is -2.61. The Morgan fingerprint density at radius 3 is 2.36 bits per heavy atom. The van der Waals surface area contributed by atoms with E-state index in [-0.39, 0.29) is 5.56 Å². The summed E-state index contributed by atoms with van der Waals surface area (Å²) in [7, 11) is 3.65. The van der Waals surface area contributed by atoms with E-state index in [0.717, 1.165) is 73.6 Å². The van der Waals surface area contributed by atoms with Gasteiger partial charge in [0.2, 0.25) is 0 Å². The predicted molar refractivity (Wildman–Crippen MR) is 187 cm³/mol. The average Bonchev–Trinajstić information content (AvgIpc) is 3.07. The zero-order valence-corrected chi connectivity index (χ0v) is 29.3. The van der Waals surface area contributed by atoms with Crippen molar-refractivity contribution in [3.8, 4) is 16.9 Å². The van der Waals surface area contributed by atoms with Crippen molar-refractivity contribution < 1.29 is 4.74 Å². The Morgan fingerprint density at radius 2 is 1.71 bits per heavy atom. The van der Waals surface area contributed by atoms with Crippen molar-refractivity contribution in [1.29, 1.82) is 0 Å². The van der Waals surface area contributed by atoms with Gasteiger partial charge in [0.15, 0.2) is 0 Å². The molecule has 0 saturated carbocycles. The number of piperidine rings is 2. The molecule has 4 unspecified atom stereocenters. The molecule has 6 nitrogen and oxygen atoms in total. The van der Waals surface area contributed by atoms with Crippen LogP contribution in [0.1, 0.15) is 105 Å². The molecule has 5 heterocycles. The van der Waals surface area contributed by atoms with Crippen LogP contribution in [0.4, 0.5) is 0 Å². The van der Waals surface area contributed by atoms with Crippen molar-refractivity contribution in [2.24, 2.45) is 7.05 Å². The molecular formula is C39H56N4O2. The number of ether oxygens (including phenoxy) is 1. The topological polar surface area (TPSA) is 49.7 Å². The fraction of sp³-hybridized carbons (Fsp3) is 0.564. The van der Waals surface area contributed by atoms with E-state index >= 15 is 0 Å². The Morgan fingerprint density at radius 1 is 1.02 bits per heavy atom. The molecule has 0 aliphatic carbocycles. The number of methoxy groups -OCH3 is 1. The zero-order chi connectivity index (χ0) is 32.4. The van der Waals surface area contributed by atoms with Crippen molar-refractivity contribution in [2.45, 2.75) is 111 Å². The summed E-state index contributed by atoms with van der Waals surface area (Å²) in [5.74, 6) is 1.38. The molecule has 3 aromatic rings. The summed E-state index contributed by atoms with van der Waals surface area (Å²) >= 11 is 0. The molecule has 0 amide bonds. The van der Waals surface area contributed by atoms with Gasteiger partial charge in [0.05, 0.1) is 7.11 Å². The first-order valence-electron chi connectivity index (χ1n) is 17.4. The lowest BCUT2D eigenvalue weighted by atomic mass is 9.86. The molecule has 4 atom stereocenters. The normalized spacial score (nSPS) is 22.0. The Labute approximate surface area is 271 Å². The summed E-state index contributed by atoms with van der Waals surface area (Å²) in [5, 5.41) is 3.63. The Hall–Kier alpha value is -2.93. The lowest BCUT2D eigenvalue weighted by molar-refractivity contribution is -0.0298. The van der Waals surface area contributed by atoms with Gasteiger partial charge in [0, 0.05) is 74.2 Å². The second kappa shape index (κ2) is 14.2. The smallest absolute Gasteiger partial charge is 0.253 e. The van der Waals surface area contributed by atoms with E-state index in [2.05, 4.69) is 73.1 Å². The van der Waals surface area contributed by atoms with Crippen LogP contribution in [-0.2, 0) is 26.6 Å². The first-order chi connectivity index (χ1) is 21.7. The van der Waals surface area contributed by atoms with Crippen molar-refractivity contribution in [1.82, 2.24) is 19.7 Å². The highest BCUT2D eigenvalue weighted by atomic mass is 16.5. The summed E-state index contributed by atoms with van der Waals surface area (Å²) in [6.07, 6.45) is 6.74. The van der Waals surface area contributed by atoms with E-state index in [4.69, 9.17) is 4.74 Å². The molecule has 1 aromatic heterocycles. The molecule has 4 aliphatic heterocycles. The summed E-state index contributed by atoms with van der Waals surface area (Å²) in [5.41, 5.74) is 11.5. The number of benzene rings is 2. The van der Waals surface area contributed by atoms with Crippen LogP contribution in [0, 0.1) is 13.8 Å². The number of nitrogens with one attached hydrogen (secondary N) is 1. The molecule has 6 heteroatoms. The maximum absolute atomic E-state index is 12.6. The van der Waals surface area contributed by atoms with Gasteiger partial charge in [0.25, 0.3) is 5.56 Å². The first kappa shape index (κ1) is 33.4. The number of aromatic nitrogens is 1. The Bertz CT molecular complexity index is 1560. The Balaban J connectivity index is 0.00000196. The van der Waals surface area contributed by atoms with Crippen LogP contribution in [0.15, 0.2) is 41.3 Å². The zero-order valence-electron chi connectivity index (χ0n) is 29.3. The number of fused-ring (bicyclic) bond motifs is 4. The number of piperazine rings is 1. The highest BCUT2D eigenvalue weighted by Gasteiger charge is 2.39. The van der Waals surface area contributed by atoms with Crippen molar-refractivity contribution in [3.05, 3.63) is 85.8 Å². The predicted octanol–water partition coefficient (Wildman–Crippen LogP) is 7.27. The Kier molecular flexibility index (Phi) is 10.6. The standard InChI is InChI=1S/C37H50N4O2.C2H6/c1-8-23(2)33-16-28(34-21-39(6)37(42)25(4)24(34)3)17-36(43-7)35(33)22-41-20-29-12-13-30(41)19-40(29)18-27-10-9-11-31-26(5)38-15-14-32(27)31;1-2/h9-11,16-17,21,23,26,29-30,38H,8,12-15,18-20,22H2,1-7H3;1-2H3. The average molecular weight is 613 g/mol. The third-order valence-corrected chi connectivity index (χ3v) is 10.9. The van der Waals surface area contributed by atoms with Gasteiger partial charge in [0.1, 0.15) is 5.75 Å². The fourth-order valence-electron chi connectivity index (χ4n) is 7.95. The highest BCUT2D eigenvalue weighted by Crippen LogP contribution is 2.40. The van der Waals surface area contributed by atoms with Crippen LogP contribution in [0.5, 0.6) is 5.75 Å². The van der Waals surface area contributed by atoms with Gasteiger partial charge in [-0.05, 0) is 98.4 Å². The minimum Gasteiger partial charge on any atom is -0.496 e. The summed E-state index contributed by atoms with van der Waals surface area (Å²) in [6, 6.07) is 13.1. The SMILES string of the molecule is CC.CCC(C)c1cc(-c2cn(C)c(=O)c(C)c2C)cc(OC)c1CN1CC2CCC1CN2Cc1cccc2c1CCNC2C. The van der Waals surface area contributed by atoms with Gasteiger partial charge >= 0.3 is 0 Å². The lowest BCUT2D eigenvalue weighted by Gasteiger charge is -2.52. The van der Waals surface area contributed by atoms with Gasteiger partial charge < -0.3 is 14.6 Å². The van der Waals surface area contributed by atoms with Crippen LogP contribution in [0.25, 0.3) is 11.1 Å². The number of hydrogen-bond acceptors (Lipinski definition) is 5. The second-order valence-corrected chi connectivity index (χ2v) is 13.4. The van der Waals surface area contributed by atoms with Crippen LogP contribution >= 0.6 is 0 Å². The maximum Gasteiger partial charge on any atom is 0.253 e. The highest BCUT2D eigenvalue weighted by molar-refractivity contribution is 5.71. The second-order valence-electron chi connectivity index (χ2n) is 13.4. The molecule has 7 rings (SSSR count). The van der Waals surface area contributed by atoms with E-state index < -0.39 is 0 Å². The maximum atomic E-state index is 12.6. The van der Waals surface area contributed by atoms with E-state index in [0.29, 0.717) is 24.0 Å². The van der Waals surface area contributed by atoms with Crippen LogP contribution in [0.3, 0.4) is 0 Å². The monoisotopic (exact) mass is 612 g/mol. The quantitative estimate of drug-likeness (QED) is 0.290. The van der Waals surface area contributed by atoms with E-state index in [9.17, 15) is 4.79 Å². The molecule has 2 bridgehead atoms. The molecule has 3 fully saturated rings. The summed E-state index contributed by atoms with van der Waals surface area (Å²) in [4.78, 5) is 18.1. The van der Waals surface area contributed by atoms with E-state index in [1.807, 2.05) is 41.1 Å². The van der Waals surface area contributed by atoms with Gasteiger partial charge in [-0.1, -0.05) is 52.0 Å². The van der Waals surface area contributed by atoms with Crippen LogP contribution in [0.2, 0.25) is 0 Å². The summed E-state index contributed by atoms with van der Waals surface area (Å²) in [6.45, 7) is 20.2. The van der Waals surface area contributed by atoms with Crippen molar-refractivity contribution >= 4 is 0 Å². The molecule has 0 radical (unpaired) electrons. The van der Waals surface area contributed by atoms with E-state index in [1.165, 1.54) is 35.1 Å². The van der Waals surface area contributed by atoms with Gasteiger partial charge in [-0.2, -0.15) is 0 Å². The van der Waals surface area contributed by atoms with Crippen molar-refractivity contribution in [3.63, 3.8) is 0 Å². The molecular weight excluding hydrogens is 556 g/mol. The first-order valence-corrected chi connectivity index (χ1v) is 17.4. The van der Waals surface area contributed by atoms with Gasteiger partial charge in [-0.15, -0.1) is 0 Å². The minimum atomic E-state index is 0.0693. The molecule has 3 saturated heterocycles. The molecule has 4 aliphatic rings. The molecule has 244 valence electrons. The third-order valence-electron chi connectivity index (χ3n) is 10.9. The van der Waals surface area contributed by atoms with Crippen molar-refractivity contribution in [2.75, 3.05) is 26.7 Å². The molecule has 2 aromatic carbocycles. The number of aryl methyl sites for hydroxylation is 1. The minimum absolute atomic E-state index is 0.0693.